The van der Waals surface area contributed by atoms with E-state index in [1.54, 1.807) is 42.5 Å². The molecule has 7 nitrogen and oxygen atoms in total. The third kappa shape index (κ3) is 8.05. The van der Waals surface area contributed by atoms with Crippen LogP contribution in [0.1, 0.15) is 21.5 Å². The Bertz CT molecular complexity index is 1060. The predicted octanol–water partition coefficient (Wildman–Crippen LogP) is 1.90. The van der Waals surface area contributed by atoms with Gasteiger partial charge in [0.25, 0.3) is 5.91 Å². The zero-order valence-electron chi connectivity index (χ0n) is 17.3. The van der Waals surface area contributed by atoms with Gasteiger partial charge in [0, 0.05) is 18.4 Å². The van der Waals surface area contributed by atoms with Crippen LogP contribution in [0.4, 0.5) is 0 Å². The van der Waals surface area contributed by atoms with E-state index in [0.29, 0.717) is 11.1 Å². The Hall–Kier alpha value is -3.13. The Balaban J connectivity index is 0.00000385. The molecule has 0 aliphatic heterocycles. The molecular weight excluding hydrogens is 431 g/mol. The van der Waals surface area contributed by atoms with Gasteiger partial charge in [-0.05, 0) is 35.4 Å². The summed E-state index contributed by atoms with van der Waals surface area (Å²) in [4.78, 5) is 37.5. The molecule has 2 amide bonds. The fraction of sp³-hybridized carbons (Fsp3) is 0.160. The van der Waals surface area contributed by atoms with Gasteiger partial charge in [0.2, 0.25) is 5.91 Å². The summed E-state index contributed by atoms with van der Waals surface area (Å²) in [6.45, 7) is 0. The van der Waals surface area contributed by atoms with Crippen molar-refractivity contribution >= 4 is 47.3 Å². The number of nitrogens with one attached hydrogen (secondary N) is 2. The summed E-state index contributed by atoms with van der Waals surface area (Å²) in [5.74, 6) is -2.15. The monoisotopic (exact) mass is 456 g/mol. The molecular formula is C25H25N2NaO5. The van der Waals surface area contributed by atoms with Crippen LogP contribution >= 0.6 is 0 Å². The van der Waals surface area contributed by atoms with Gasteiger partial charge in [-0.25, -0.2) is 4.79 Å². The first-order chi connectivity index (χ1) is 15.4. The topological polar surface area (TPSA) is 116 Å². The number of carboxylic acids is 1. The van der Waals surface area contributed by atoms with Crippen molar-refractivity contribution in [1.29, 1.82) is 0 Å². The van der Waals surface area contributed by atoms with E-state index in [4.69, 9.17) is 0 Å². The quantitative estimate of drug-likeness (QED) is 0.367. The maximum absolute atomic E-state index is 13.0. The number of rotatable bonds is 9. The van der Waals surface area contributed by atoms with Gasteiger partial charge < -0.3 is 20.8 Å². The molecule has 2 atom stereocenters. The van der Waals surface area contributed by atoms with Crippen LogP contribution < -0.4 is 10.6 Å². The summed E-state index contributed by atoms with van der Waals surface area (Å²) in [7, 11) is 0. The normalized spacial score (nSPS) is 12.0. The first-order valence-corrected chi connectivity index (χ1v) is 10.1. The molecule has 0 unspecified atom stereocenters. The number of carboxylic acid groups (broad SMARTS) is 1. The van der Waals surface area contributed by atoms with Crippen LogP contribution in [0.25, 0.3) is 0 Å². The van der Waals surface area contributed by atoms with Crippen LogP contribution in [0.5, 0.6) is 5.75 Å². The molecule has 3 aromatic rings. The third-order valence-electron chi connectivity index (χ3n) is 4.93. The molecule has 0 aromatic heterocycles. The summed E-state index contributed by atoms with van der Waals surface area (Å²) in [5.41, 5.74) is 1.87. The number of phenols is 1. The fourth-order valence-electron chi connectivity index (χ4n) is 3.23. The number of carbonyl (C=O) groups excluding carboxylic acids is 2. The molecule has 0 saturated carbocycles. The number of benzene rings is 3. The maximum atomic E-state index is 13.0. The Kier molecular flexibility index (Phi) is 10.1. The summed E-state index contributed by atoms with van der Waals surface area (Å²) < 4.78 is 0. The third-order valence-corrected chi connectivity index (χ3v) is 4.93. The standard InChI is InChI=1S/C25H24N2O5.Na.H/c28-20-13-11-18(12-14-20)16-22(25(31)32)27-24(30)21(15-17-7-3-1-4-8-17)26-23(29)19-9-5-2-6-10-19;;/h1-14,21-22,28H,15-16H2,(H,26,29)(H,27,30)(H,31,32);;/t21-,22-;;/m0../s1. The van der Waals surface area contributed by atoms with Gasteiger partial charge in [0.05, 0.1) is 0 Å². The van der Waals surface area contributed by atoms with Crippen molar-refractivity contribution < 1.29 is 24.6 Å². The van der Waals surface area contributed by atoms with E-state index in [1.807, 2.05) is 30.3 Å². The minimum atomic E-state index is -1.20. The van der Waals surface area contributed by atoms with Gasteiger partial charge in [0.15, 0.2) is 0 Å². The fourth-order valence-corrected chi connectivity index (χ4v) is 3.23. The van der Waals surface area contributed by atoms with E-state index in [9.17, 15) is 24.6 Å². The number of carbonyl (C=O) groups is 3. The average molecular weight is 456 g/mol. The van der Waals surface area contributed by atoms with Crippen LogP contribution in [0, 0.1) is 0 Å². The van der Waals surface area contributed by atoms with Crippen molar-refractivity contribution in [3.63, 3.8) is 0 Å². The van der Waals surface area contributed by atoms with E-state index in [-0.39, 0.29) is 48.1 Å². The molecule has 0 fully saturated rings. The van der Waals surface area contributed by atoms with Crippen molar-refractivity contribution in [3.8, 4) is 5.75 Å². The molecule has 0 spiro atoms. The van der Waals surface area contributed by atoms with Gasteiger partial charge >= 0.3 is 35.5 Å². The number of aliphatic carboxylic acids is 1. The van der Waals surface area contributed by atoms with E-state index in [1.165, 1.54) is 12.1 Å². The Morgan fingerprint density at radius 3 is 1.79 bits per heavy atom. The summed E-state index contributed by atoms with van der Waals surface area (Å²) in [6.07, 6.45) is 0.239. The molecule has 0 saturated heterocycles. The second kappa shape index (κ2) is 12.8. The van der Waals surface area contributed by atoms with E-state index >= 15 is 0 Å². The zero-order chi connectivity index (χ0) is 22.9. The van der Waals surface area contributed by atoms with Crippen molar-refractivity contribution in [2.75, 3.05) is 0 Å². The van der Waals surface area contributed by atoms with Crippen LogP contribution in [0.3, 0.4) is 0 Å². The number of amides is 2. The zero-order valence-corrected chi connectivity index (χ0v) is 17.3. The molecule has 0 aliphatic carbocycles. The SMILES string of the molecule is O=C(N[C@@H](Cc1ccccc1)C(=O)N[C@@H](Cc1ccc(O)cc1)C(=O)O)c1ccccc1.[NaH]. The van der Waals surface area contributed by atoms with Gasteiger partial charge in [-0.1, -0.05) is 60.7 Å². The number of phenolic OH excluding ortho intramolecular Hbond substituents is 1. The van der Waals surface area contributed by atoms with Crippen LogP contribution in [0.2, 0.25) is 0 Å². The molecule has 0 heterocycles. The molecule has 0 radical (unpaired) electrons. The van der Waals surface area contributed by atoms with Gasteiger partial charge in [-0.3, -0.25) is 9.59 Å². The molecule has 4 N–H and O–H groups in total. The molecule has 0 aliphatic rings. The second-order valence-corrected chi connectivity index (χ2v) is 7.35. The predicted molar refractivity (Wildman–Crippen MR) is 126 cm³/mol. The second-order valence-electron chi connectivity index (χ2n) is 7.35. The van der Waals surface area contributed by atoms with Crippen molar-refractivity contribution in [1.82, 2.24) is 10.6 Å². The van der Waals surface area contributed by atoms with E-state index < -0.39 is 29.9 Å². The number of hydrogen-bond donors (Lipinski definition) is 4. The average Bonchev–Trinajstić information content (AvgIpc) is 2.80. The molecule has 0 bridgehead atoms. The van der Waals surface area contributed by atoms with Crippen LogP contribution in [-0.2, 0) is 22.4 Å². The number of aromatic hydroxyl groups is 1. The van der Waals surface area contributed by atoms with Crippen molar-refractivity contribution in [2.24, 2.45) is 0 Å². The summed E-state index contributed by atoms with van der Waals surface area (Å²) in [5, 5.41) is 24.3. The molecule has 33 heavy (non-hydrogen) atoms. The summed E-state index contributed by atoms with van der Waals surface area (Å²) >= 11 is 0. The molecule has 3 aromatic carbocycles. The Labute approximate surface area is 214 Å². The van der Waals surface area contributed by atoms with Crippen LogP contribution in [0.15, 0.2) is 84.9 Å². The molecule has 3 rings (SSSR count). The van der Waals surface area contributed by atoms with Crippen molar-refractivity contribution in [3.05, 3.63) is 102 Å². The van der Waals surface area contributed by atoms with Crippen LogP contribution in [-0.4, -0.2) is 69.6 Å². The number of hydrogen-bond acceptors (Lipinski definition) is 4. The Morgan fingerprint density at radius 2 is 1.21 bits per heavy atom. The van der Waals surface area contributed by atoms with E-state index in [2.05, 4.69) is 10.6 Å². The minimum absolute atomic E-state index is 0. The summed E-state index contributed by atoms with van der Waals surface area (Å²) in [6, 6.07) is 21.6. The molecule has 8 heteroatoms. The molecule has 166 valence electrons. The van der Waals surface area contributed by atoms with Gasteiger partial charge in [-0.15, -0.1) is 0 Å². The first-order valence-electron chi connectivity index (χ1n) is 10.1. The van der Waals surface area contributed by atoms with Gasteiger partial charge in [-0.2, -0.15) is 0 Å². The Morgan fingerprint density at radius 1 is 0.697 bits per heavy atom. The van der Waals surface area contributed by atoms with Gasteiger partial charge in [0.1, 0.15) is 17.8 Å². The van der Waals surface area contributed by atoms with Crippen molar-refractivity contribution in [2.45, 2.75) is 24.9 Å². The van der Waals surface area contributed by atoms with E-state index in [0.717, 1.165) is 5.56 Å². The first kappa shape index (κ1) is 26.1.